The lowest BCUT2D eigenvalue weighted by Crippen LogP contribution is -2.44. The molecule has 1 heterocycles. The van der Waals surface area contributed by atoms with Gasteiger partial charge in [0.1, 0.15) is 0 Å². The first-order valence-corrected chi connectivity index (χ1v) is 5.47. The van der Waals surface area contributed by atoms with Gasteiger partial charge in [0.25, 0.3) is 0 Å². The molecule has 5 heteroatoms. The fourth-order valence-electron chi connectivity index (χ4n) is 1.63. The SMILES string of the molecule is CNC(=O)CNC(=O)N1CCCCCC1. The van der Waals surface area contributed by atoms with Crippen LogP contribution >= 0.6 is 0 Å². The summed E-state index contributed by atoms with van der Waals surface area (Å²) in [4.78, 5) is 24.3. The van der Waals surface area contributed by atoms with Crippen LogP contribution in [0, 0.1) is 0 Å². The molecular formula is C10H19N3O2. The van der Waals surface area contributed by atoms with Crippen molar-refractivity contribution in [3.8, 4) is 0 Å². The van der Waals surface area contributed by atoms with Gasteiger partial charge in [-0.2, -0.15) is 0 Å². The molecule has 1 fully saturated rings. The third-order valence-corrected chi connectivity index (χ3v) is 2.57. The Balaban J connectivity index is 2.28. The zero-order chi connectivity index (χ0) is 11.1. The van der Waals surface area contributed by atoms with Crippen LogP contribution in [-0.2, 0) is 4.79 Å². The molecule has 1 aliphatic rings. The van der Waals surface area contributed by atoms with Crippen molar-refractivity contribution in [3.05, 3.63) is 0 Å². The molecule has 0 saturated carbocycles. The van der Waals surface area contributed by atoms with E-state index >= 15 is 0 Å². The fourth-order valence-corrected chi connectivity index (χ4v) is 1.63. The van der Waals surface area contributed by atoms with E-state index in [0.717, 1.165) is 25.9 Å². The zero-order valence-corrected chi connectivity index (χ0v) is 9.21. The molecule has 0 bridgehead atoms. The van der Waals surface area contributed by atoms with E-state index in [1.165, 1.54) is 12.8 Å². The van der Waals surface area contributed by atoms with Crippen LogP contribution < -0.4 is 10.6 Å². The predicted octanol–water partition coefficient (Wildman–Crippen LogP) is 0.318. The summed E-state index contributed by atoms with van der Waals surface area (Å²) >= 11 is 0. The lowest BCUT2D eigenvalue weighted by molar-refractivity contribution is -0.119. The average molecular weight is 213 g/mol. The van der Waals surface area contributed by atoms with E-state index in [4.69, 9.17) is 0 Å². The summed E-state index contributed by atoms with van der Waals surface area (Å²) in [6, 6.07) is -0.125. The second kappa shape index (κ2) is 6.27. The van der Waals surface area contributed by atoms with Crippen LogP contribution in [0.4, 0.5) is 4.79 Å². The maximum absolute atomic E-state index is 11.6. The molecule has 0 radical (unpaired) electrons. The van der Waals surface area contributed by atoms with Gasteiger partial charge in [0, 0.05) is 20.1 Å². The highest BCUT2D eigenvalue weighted by molar-refractivity contribution is 5.83. The second-order valence-corrected chi connectivity index (χ2v) is 3.73. The number of nitrogens with zero attached hydrogens (tertiary/aromatic N) is 1. The molecule has 1 rings (SSSR count). The van der Waals surface area contributed by atoms with Crippen LogP contribution in [0.1, 0.15) is 25.7 Å². The van der Waals surface area contributed by atoms with Crippen LogP contribution in [0.2, 0.25) is 0 Å². The summed E-state index contributed by atoms with van der Waals surface area (Å²) < 4.78 is 0. The number of hydrogen-bond acceptors (Lipinski definition) is 2. The van der Waals surface area contributed by atoms with Crippen molar-refractivity contribution in [2.45, 2.75) is 25.7 Å². The Morgan fingerprint density at radius 1 is 1.13 bits per heavy atom. The van der Waals surface area contributed by atoms with Crippen molar-refractivity contribution in [2.75, 3.05) is 26.7 Å². The van der Waals surface area contributed by atoms with Gasteiger partial charge in [-0.3, -0.25) is 4.79 Å². The summed E-state index contributed by atoms with van der Waals surface area (Å²) in [5.41, 5.74) is 0. The maximum Gasteiger partial charge on any atom is 0.317 e. The molecule has 1 saturated heterocycles. The molecule has 86 valence electrons. The molecule has 2 N–H and O–H groups in total. The van der Waals surface area contributed by atoms with Crippen LogP contribution in [0.3, 0.4) is 0 Å². The first kappa shape index (κ1) is 11.8. The first-order chi connectivity index (χ1) is 7.24. The van der Waals surface area contributed by atoms with E-state index < -0.39 is 0 Å². The average Bonchev–Trinajstić information content (AvgIpc) is 2.53. The van der Waals surface area contributed by atoms with Crippen molar-refractivity contribution in [2.24, 2.45) is 0 Å². The first-order valence-electron chi connectivity index (χ1n) is 5.47. The number of rotatable bonds is 2. The molecule has 0 aromatic carbocycles. The molecule has 0 aliphatic carbocycles. The van der Waals surface area contributed by atoms with Crippen molar-refractivity contribution in [1.82, 2.24) is 15.5 Å². The largest absolute Gasteiger partial charge is 0.358 e. The molecule has 0 spiro atoms. The topological polar surface area (TPSA) is 61.4 Å². The number of carbonyl (C=O) groups excluding carboxylic acids is 2. The highest BCUT2D eigenvalue weighted by Crippen LogP contribution is 2.09. The Labute approximate surface area is 90.2 Å². The van der Waals surface area contributed by atoms with Gasteiger partial charge in [-0.15, -0.1) is 0 Å². The smallest absolute Gasteiger partial charge is 0.317 e. The molecule has 15 heavy (non-hydrogen) atoms. The van der Waals surface area contributed by atoms with Gasteiger partial charge in [0.15, 0.2) is 0 Å². The highest BCUT2D eigenvalue weighted by atomic mass is 16.2. The zero-order valence-electron chi connectivity index (χ0n) is 9.21. The summed E-state index contributed by atoms with van der Waals surface area (Å²) in [5.74, 6) is -0.168. The minimum atomic E-state index is -0.168. The molecular weight excluding hydrogens is 194 g/mol. The summed E-state index contributed by atoms with van der Waals surface area (Å²) in [5, 5.41) is 5.07. The number of hydrogen-bond donors (Lipinski definition) is 2. The van der Waals surface area contributed by atoms with E-state index in [2.05, 4.69) is 10.6 Å². The van der Waals surface area contributed by atoms with Gasteiger partial charge in [-0.1, -0.05) is 12.8 Å². The van der Waals surface area contributed by atoms with Gasteiger partial charge in [-0.05, 0) is 12.8 Å². The van der Waals surface area contributed by atoms with Gasteiger partial charge in [-0.25, -0.2) is 4.79 Å². The standard InChI is InChI=1S/C10H19N3O2/c1-11-9(14)8-12-10(15)13-6-4-2-3-5-7-13/h2-8H2,1H3,(H,11,14)(H,12,15). The molecule has 0 atom stereocenters. The third-order valence-electron chi connectivity index (χ3n) is 2.57. The molecule has 5 nitrogen and oxygen atoms in total. The maximum atomic E-state index is 11.6. The Hall–Kier alpha value is -1.26. The number of urea groups is 1. The lowest BCUT2D eigenvalue weighted by atomic mass is 10.2. The van der Waals surface area contributed by atoms with E-state index in [9.17, 15) is 9.59 Å². The van der Waals surface area contributed by atoms with Crippen molar-refractivity contribution in [3.63, 3.8) is 0 Å². The monoisotopic (exact) mass is 213 g/mol. The summed E-state index contributed by atoms with van der Waals surface area (Å²) in [6.07, 6.45) is 4.51. The van der Waals surface area contributed by atoms with Crippen LogP contribution in [-0.4, -0.2) is 43.5 Å². The molecule has 0 aromatic heterocycles. The Morgan fingerprint density at radius 3 is 2.27 bits per heavy atom. The number of amides is 3. The van der Waals surface area contributed by atoms with Gasteiger partial charge >= 0.3 is 6.03 Å². The minimum Gasteiger partial charge on any atom is -0.358 e. The minimum absolute atomic E-state index is 0.0613. The Bertz CT molecular complexity index is 223. The molecule has 0 unspecified atom stereocenters. The fraction of sp³-hybridized carbons (Fsp3) is 0.800. The Kier molecular flexibility index (Phi) is 4.93. The normalized spacial score (nSPS) is 16.7. The summed E-state index contributed by atoms with van der Waals surface area (Å²) in [6.45, 7) is 1.67. The van der Waals surface area contributed by atoms with Crippen molar-refractivity contribution >= 4 is 11.9 Å². The van der Waals surface area contributed by atoms with Crippen LogP contribution in [0.15, 0.2) is 0 Å². The van der Waals surface area contributed by atoms with Crippen LogP contribution in [0.25, 0.3) is 0 Å². The predicted molar refractivity (Wildman–Crippen MR) is 57.5 cm³/mol. The number of nitrogens with one attached hydrogen (secondary N) is 2. The van der Waals surface area contributed by atoms with Gasteiger partial charge in [0.05, 0.1) is 6.54 Å². The number of likely N-dealkylation sites (N-methyl/N-ethyl adjacent to an activating group) is 1. The lowest BCUT2D eigenvalue weighted by Gasteiger charge is -2.20. The quantitative estimate of drug-likeness (QED) is 0.694. The third kappa shape index (κ3) is 4.18. The molecule has 1 aliphatic heterocycles. The molecule has 0 aromatic rings. The number of carbonyl (C=O) groups is 2. The number of likely N-dealkylation sites (tertiary alicyclic amines) is 1. The highest BCUT2D eigenvalue weighted by Gasteiger charge is 2.15. The van der Waals surface area contributed by atoms with Crippen molar-refractivity contribution < 1.29 is 9.59 Å². The van der Waals surface area contributed by atoms with E-state index in [-0.39, 0.29) is 18.5 Å². The van der Waals surface area contributed by atoms with Gasteiger partial charge in [0.2, 0.25) is 5.91 Å². The van der Waals surface area contributed by atoms with E-state index in [1.54, 1.807) is 11.9 Å². The molecule has 3 amide bonds. The Morgan fingerprint density at radius 2 is 1.73 bits per heavy atom. The van der Waals surface area contributed by atoms with Crippen LogP contribution in [0.5, 0.6) is 0 Å². The van der Waals surface area contributed by atoms with Crippen molar-refractivity contribution in [1.29, 1.82) is 0 Å². The second-order valence-electron chi connectivity index (χ2n) is 3.73. The van der Waals surface area contributed by atoms with E-state index in [0.29, 0.717) is 0 Å². The van der Waals surface area contributed by atoms with Gasteiger partial charge < -0.3 is 15.5 Å². The van der Waals surface area contributed by atoms with E-state index in [1.807, 2.05) is 0 Å². The summed E-state index contributed by atoms with van der Waals surface area (Å²) in [7, 11) is 1.56.